The van der Waals surface area contributed by atoms with E-state index < -0.39 is 12.1 Å². The van der Waals surface area contributed by atoms with Crippen molar-refractivity contribution in [3.05, 3.63) is 59.7 Å². The number of benzene rings is 2. The number of hydrogen-bond donors (Lipinski definition) is 1. The predicted molar refractivity (Wildman–Crippen MR) is 97.6 cm³/mol. The van der Waals surface area contributed by atoms with E-state index in [1.807, 2.05) is 31.2 Å². The Balaban J connectivity index is 1.71. The quantitative estimate of drug-likeness (QED) is 0.856. The van der Waals surface area contributed by atoms with E-state index >= 15 is 0 Å². The number of hydrogen-bond acceptors (Lipinski definition) is 3. The molecule has 0 aromatic heterocycles. The zero-order valence-electron chi connectivity index (χ0n) is 14.6. The molecular formula is C21H23NO3. The predicted octanol–water partition coefficient (Wildman–Crippen LogP) is 4.28. The molecule has 0 spiro atoms. The number of rotatable bonds is 6. The summed E-state index contributed by atoms with van der Waals surface area (Å²) in [6.07, 6.45) is 0.439. The van der Waals surface area contributed by atoms with E-state index in [9.17, 15) is 9.59 Å². The maximum Gasteiger partial charge on any atom is 0.407 e. The van der Waals surface area contributed by atoms with Gasteiger partial charge in [0.1, 0.15) is 6.61 Å². The second-order valence-electron chi connectivity index (χ2n) is 6.25. The van der Waals surface area contributed by atoms with Crippen LogP contribution in [0.25, 0.3) is 11.1 Å². The summed E-state index contributed by atoms with van der Waals surface area (Å²) < 4.78 is 5.46. The molecule has 25 heavy (non-hydrogen) atoms. The summed E-state index contributed by atoms with van der Waals surface area (Å²) in [5.74, 6) is 0.0520. The van der Waals surface area contributed by atoms with Crippen molar-refractivity contribution in [2.24, 2.45) is 0 Å². The molecule has 0 heterocycles. The number of ketones is 1. The second kappa shape index (κ2) is 7.51. The van der Waals surface area contributed by atoms with Gasteiger partial charge in [-0.2, -0.15) is 0 Å². The lowest BCUT2D eigenvalue weighted by molar-refractivity contribution is -0.120. The number of amides is 1. The molecule has 1 N–H and O–H groups in total. The molecular weight excluding hydrogens is 314 g/mol. The average molecular weight is 337 g/mol. The Bertz CT molecular complexity index is 739. The molecule has 2 aromatic carbocycles. The van der Waals surface area contributed by atoms with E-state index in [1.165, 1.54) is 22.3 Å². The van der Waals surface area contributed by atoms with Crippen LogP contribution in [0.5, 0.6) is 0 Å². The molecule has 4 nitrogen and oxygen atoms in total. The highest BCUT2D eigenvalue weighted by atomic mass is 16.5. The Hall–Kier alpha value is -2.62. The summed E-state index contributed by atoms with van der Waals surface area (Å²) in [6, 6.07) is 15.9. The van der Waals surface area contributed by atoms with E-state index in [2.05, 4.69) is 29.6 Å². The number of fused-ring (bicyclic) bond motifs is 3. The van der Waals surface area contributed by atoms with Crippen LogP contribution in [0, 0.1) is 0 Å². The monoisotopic (exact) mass is 337 g/mol. The Kier molecular flexibility index (Phi) is 5.17. The lowest BCUT2D eigenvalue weighted by atomic mass is 9.98. The van der Waals surface area contributed by atoms with Gasteiger partial charge in [-0.15, -0.1) is 0 Å². The molecule has 0 fully saturated rings. The summed E-state index contributed by atoms with van der Waals surface area (Å²) in [5.41, 5.74) is 4.74. The SMILES string of the molecule is CCC(=O)C(CC)NC(=O)OCC1c2ccccc2-c2ccccc21. The Morgan fingerprint density at radius 1 is 1.00 bits per heavy atom. The Labute approximate surface area is 148 Å². The van der Waals surface area contributed by atoms with Gasteiger partial charge in [-0.25, -0.2) is 4.79 Å². The highest BCUT2D eigenvalue weighted by molar-refractivity contribution is 5.87. The molecule has 1 aliphatic rings. The first-order valence-corrected chi connectivity index (χ1v) is 8.79. The number of ether oxygens (including phenoxy) is 1. The van der Waals surface area contributed by atoms with Crippen LogP contribution >= 0.6 is 0 Å². The van der Waals surface area contributed by atoms with Gasteiger partial charge in [0.2, 0.25) is 0 Å². The number of carbonyl (C=O) groups is 2. The molecule has 3 rings (SSSR count). The van der Waals surface area contributed by atoms with Crippen LogP contribution in [-0.4, -0.2) is 24.5 Å². The van der Waals surface area contributed by atoms with Crippen LogP contribution in [0.3, 0.4) is 0 Å². The molecule has 130 valence electrons. The molecule has 1 aliphatic carbocycles. The number of alkyl carbamates (subject to hydrolysis) is 1. The van der Waals surface area contributed by atoms with Crippen LogP contribution in [0.15, 0.2) is 48.5 Å². The van der Waals surface area contributed by atoms with Crippen molar-refractivity contribution in [1.29, 1.82) is 0 Å². The van der Waals surface area contributed by atoms with Gasteiger partial charge in [-0.05, 0) is 28.7 Å². The Morgan fingerprint density at radius 2 is 1.56 bits per heavy atom. The molecule has 4 heteroatoms. The standard InChI is InChI=1S/C21H23NO3/c1-3-19(20(23)4-2)22-21(24)25-13-18-16-11-7-5-9-14(16)15-10-6-8-12-17(15)18/h5-12,18-19H,3-4,13H2,1-2H3,(H,22,24). The van der Waals surface area contributed by atoms with Gasteiger partial charge in [0.25, 0.3) is 0 Å². The van der Waals surface area contributed by atoms with Crippen LogP contribution < -0.4 is 5.32 Å². The van der Waals surface area contributed by atoms with Gasteiger partial charge in [-0.3, -0.25) is 4.79 Å². The average Bonchev–Trinajstić information content (AvgIpc) is 2.98. The van der Waals surface area contributed by atoms with Crippen molar-refractivity contribution in [3.63, 3.8) is 0 Å². The summed E-state index contributed by atoms with van der Waals surface area (Å²) in [6.45, 7) is 3.93. The summed E-state index contributed by atoms with van der Waals surface area (Å²) >= 11 is 0. The fourth-order valence-electron chi connectivity index (χ4n) is 3.44. The van der Waals surface area contributed by atoms with Crippen LogP contribution in [0.1, 0.15) is 43.7 Å². The van der Waals surface area contributed by atoms with Crippen LogP contribution in [-0.2, 0) is 9.53 Å². The van der Waals surface area contributed by atoms with Crippen LogP contribution in [0.2, 0.25) is 0 Å². The first kappa shape index (κ1) is 17.2. The third kappa shape index (κ3) is 3.43. The van der Waals surface area contributed by atoms with Crippen molar-refractivity contribution >= 4 is 11.9 Å². The minimum absolute atomic E-state index is 0.0241. The first-order chi connectivity index (χ1) is 12.2. The normalized spacial score (nSPS) is 13.7. The highest BCUT2D eigenvalue weighted by Gasteiger charge is 2.29. The fourth-order valence-corrected chi connectivity index (χ4v) is 3.44. The molecule has 1 unspecified atom stereocenters. The lowest BCUT2D eigenvalue weighted by Crippen LogP contribution is -2.40. The zero-order valence-corrected chi connectivity index (χ0v) is 14.6. The zero-order chi connectivity index (χ0) is 17.8. The van der Waals surface area contributed by atoms with Crippen molar-refractivity contribution in [1.82, 2.24) is 5.32 Å². The molecule has 0 saturated carbocycles. The van der Waals surface area contributed by atoms with E-state index in [4.69, 9.17) is 4.74 Å². The van der Waals surface area contributed by atoms with Gasteiger partial charge < -0.3 is 10.1 Å². The molecule has 1 amide bonds. The van der Waals surface area contributed by atoms with Gasteiger partial charge in [0.05, 0.1) is 6.04 Å². The third-order valence-corrected chi connectivity index (χ3v) is 4.78. The van der Waals surface area contributed by atoms with Crippen molar-refractivity contribution < 1.29 is 14.3 Å². The summed E-state index contributed by atoms with van der Waals surface area (Å²) in [5, 5.41) is 2.68. The first-order valence-electron chi connectivity index (χ1n) is 8.79. The number of Topliss-reactive ketones (excluding diaryl/α,β-unsaturated/α-hetero) is 1. The van der Waals surface area contributed by atoms with E-state index in [0.29, 0.717) is 12.8 Å². The highest BCUT2D eigenvalue weighted by Crippen LogP contribution is 2.44. The van der Waals surface area contributed by atoms with Gasteiger partial charge in [0.15, 0.2) is 5.78 Å². The molecule has 0 bridgehead atoms. The van der Waals surface area contributed by atoms with E-state index in [-0.39, 0.29) is 18.3 Å². The van der Waals surface area contributed by atoms with Crippen molar-refractivity contribution in [3.8, 4) is 11.1 Å². The third-order valence-electron chi connectivity index (χ3n) is 4.78. The van der Waals surface area contributed by atoms with Crippen molar-refractivity contribution in [2.75, 3.05) is 6.61 Å². The minimum Gasteiger partial charge on any atom is -0.449 e. The molecule has 0 radical (unpaired) electrons. The van der Waals surface area contributed by atoms with Crippen molar-refractivity contribution in [2.45, 2.75) is 38.6 Å². The maximum absolute atomic E-state index is 12.1. The summed E-state index contributed by atoms with van der Waals surface area (Å²) in [7, 11) is 0. The second-order valence-corrected chi connectivity index (χ2v) is 6.25. The molecule has 1 atom stereocenters. The maximum atomic E-state index is 12.1. The van der Waals surface area contributed by atoms with Gasteiger partial charge >= 0.3 is 6.09 Å². The van der Waals surface area contributed by atoms with Gasteiger partial charge in [-0.1, -0.05) is 62.4 Å². The Morgan fingerprint density at radius 3 is 2.08 bits per heavy atom. The lowest BCUT2D eigenvalue weighted by Gasteiger charge is -2.17. The molecule has 2 aromatic rings. The van der Waals surface area contributed by atoms with Crippen LogP contribution in [0.4, 0.5) is 4.79 Å². The van der Waals surface area contributed by atoms with E-state index in [0.717, 1.165) is 0 Å². The number of nitrogens with one attached hydrogen (secondary N) is 1. The topological polar surface area (TPSA) is 55.4 Å². The van der Waals surface area contributed by atoms with Gasteiger partial charge in [0, 0.05) is 12.3 Å². The minimum atomic E-state index is -0.532. The number of carbonyl (C=O) groups excluding carboxylic acids is 2. The molecule has 0 aliphatic heterocycles. The fraction of sp³-hybridized carbons (Fsp3) is 0.333. The summed E-state index contributed by atoms with van der Waals surface area (Å²) in [4.78, 5) is 23.9. The van der Waals surface area contributed by atoms with E-state index in [1.54, 1.807) is 6.92 Å². The molecule has 0 saturated heterocycles. The smallest absolute Gasteiger partial charge is 0.407 e. The largest absolute Gasteiger partial charge is 0.449 e.